The molecule has 0 radical (unpaired) electrons. The molecule has 0 aliphatic carbocycles. The van der Waals surface area contributed by atoms with Crippen LogP contribution in [-0.2, 0) is 18.3 Å². The molecule has 2 heterocycles. The molecule has 0 unspecified atom stereocenters. The third kappa shape index (κ3) is 5.08. The number of rotatable bonds is 6. The lowest BCUT2D eigenvalue weighted by molar-refractivity contribution is -0.131. The number of carbonyl (C=O) groups is 1. The summed E-state index contributed by atoms with van der Waals surface area (Å²) in [6.45, 7) is 6.74. The standard InChI is InChI=1S/C32H33N3O2/c1-21(2)24-10-13-29(14-11-24)35-22(3)17-27-18-26(28-19-33-34(4)20-28)12-15-30(27)32(35)25-8-5-23(6-9-25)7-16-31(36)37/h5-16,18-22,32H,17H2,1-4H3,(H,36,37)/b16-7+/t22-,32-/m1/s1. The Hall–Kier alpha value is -4.12. The van der Waals surface area contributed by atoms with Crippen molar-refractivity contribution in [2.45, 2.75) is 45.2 Å². The molecule has 4 aromatic rings. The zero-order chi connectivity index (χ0) is 26.1. The predicted octanol–water partition coefficient (Wildman–Crippen LogP) is 6.85. The van der Waals surface area contributed by atoms with Crippen molar-refractivity contribution in [1.29, 1.82) is 0 Å². The largest absolute Gasteiger partial charge is 0.478 e. The maximum atomic E-state index is 11.0. The normalized spacial score (nSPS) is 17.4. The molecule has 5 rings (SSSR count). The Morgan fingerprint density at radius 3 is 2.38 bits per heavy atom. The number of anilines is 1. The number of aliphatic carboxylic acids is 1. The smallest absolute Gasteiger partial charge is 0.328 e. The van der Waals surface area contributed by atoms with Crippen molar-refractivity contribution < 1.29 is 9.90 Å². The molecule has 188 valence electrons. The lowest BCUT2D eigenvalue weighted by Gasteiger charge is -2.44. The first kappa shape index (κ1) is 24.6. The number of nitrogens with zero attached hydrogens (tertiary/aromatic N) is 3. The van der Waals surface area contributed by atoms with Gasteiger partial charge in [0.25, 0.3) is 0 Å². The van der Waals surface area contributed by atoms with Crippen LogP contribution in [-0.4, -0.2) is 26.9 Å². The van der Waals surface area contributed by atoms with Crippen molar-refractivity contribution in [2.24, 2.45) is 7.05 Å². The topological polar surface area (TPSA) is 58.4 Å². The summed E-state index contributed by atoms with van der Waals surface area (Å²) in [6.07, 6.45) is 7.72. The first-order valence-electron chi connectivity index (χ1n) is 12.8. The maximum Gasteiger partial charge on any atom is 0.328 e. The minimum absolute atomic E-state index is 0.0455. The highest BCUT2D eigenvalue weighted by atomic mass is 16.4. The number of aromatic nitrogens is 2. The maximum absolute atomic E-state index is 11.0. The summed E-state index contributed by atoms with van der Waals surface area (Å²) in [5.41, 5.74) is 9.55. The summed E-state index contributed by atoms with van der Waals surface area (Å²) < 4.78 is 1.84. The zero-order valence-electron chi connectivity index (χ0n) is 21.8. The summed E-state index contributed by atoms with van der Waals surface area (Å²) in [7, 11) is 1.94. The molecule has 1 aliphatic heterocycles. The van der Waals surface area contributed by atoms with Gasteiger partial charge in [0.15, 0.2) is 0 Å². The van der Waals surface area contributed by atoms with Gasteiger partial charge in [-0.05, 0) is 70.9 Å². The highest BCUT2D eigenvalue weighted by Gasteiger charge is 2.33. The van der Waals surface area contributed by atoms with E-state index in [1.165, 1.54) is 39.6 Å². The average molecular weight is 492 g/mol. The van der Waals surface area contributed by atoms with E-state index in [4.69, 9.17) is 5.11 Å². The SMILES string of the molecule is CC(C)c1ccc(N2[C@H](c3ccc(/C=C/C(=O)O)cc3)c3ccc(-c4cnn(C)c4)cc3C[C@H]2C)cc1. The third-order valence-corrected chi connectivity index (χ3v) is 7.27. The predicted molar refractivity (Wildman–Crippen MR) is 150 cm³/mol. The van der Waals surface area contributed by atoms with Crippen LogP contribution < -0.4 is 4.90 Å². The van der Waals surface area contributed by atoms with Crippen LogP contribution in [0.5, 0.6) is 0 Å². The van der Waals surface area contributed by atoms with Crippen molar-refractivity contribution in [3.05, 3.63) is 113 Å². The first-order chi connectivity index (χ1) is 17.8. The van der Waals surface area contributed by atoms with Crippen LogP contribution in [0.25, 0.3) is 17.2 Å². The van der Waals surface area contributed by atoms with Crippen LogP contribution in [0.2, 0.25) is 0 Å². The van der Waals surface area contributed by atoms with E-state index in [1.54, 1.807) is 6.08 Å². The lowest BCUT2D eigenvalue weighted by atomic mass is 9.83. The molecule has 1 aromatic heterocycles. The fourth-order valence-electron chi connectivity index (χ4n) is 5.35. The molecule has 0 spiro atoms. The van der Waals surface area contributed by atoms with Crippen LogP contribution in [0.4, 0.5) is 5.69 Å². The summed E-state index contributed by atoms with van der Waals surface area (Å²) in [6, 6.07) is 24.3. The third-order valence-electron chi connectivity index (χ3n) is 7.27. The van der Waals surface area contributed by atoms with E-state index in [0.717, 1.165) is 17.5 Å². The fraction of sp³-hybridized carbons (Fsp3) is 0.250. The number of benzene rings is 3. The average Bonchev–Trinajstić information content (AvgIpc) is 3.33. The Bertz CT molecular complexity index is 1430. The van der Waals surface area contributed by atoms with Gasteiger partial charge >= 0.3 is 5.97 Å². The van der Waals surface area contributed by atoms with Gasteiger partial charge in [-0.25, -0.2) is 4.79 Å². The fourth-order valence-corrected chi connectivity index (χ4v) is 5.35. The van der Waals surface area contributed by atoms with E-state index < -0.39 is 5.97 Å². The number of carboxylic acid groups (broad SMARTS) is 1. The van der Waals surface area contributed by atoms with Gasteiger partial charge in [-0.3, -0.25) is 4.68 Å². The number of fused-ring (bicyclic) bond motifs is 1. The highest BCUT2D eigenvalue weighted by Crippen LogP contribution is 2.42. The monoisotopic (exact) mass is 491 g/mol. The quantitative estimate of drug-likeness (QED) is 0.300. The van der Waals surface area contributed by atoms with Crippen LogP contribution >= 0.6 is 0 Å². The number of carboxylic acids is 1. The van der Waals surface area contributed by atoms with E-state index in [9.17, 15) is 4.79 Å². The molecule has 5 nitrogen and oxygen atoms in total. The number of hydrogen-bond acceptors (Lipinski definition) is 3. The molecule has 0 amide bonds. The van der Waals surface area contributed by atoms with E-state index in [2.05, 4.69) is 91.6 Å². The molecule has 0 saturated heterocycles. The second-order valence-electron chi connectivity index (χ2n) is 10.3. The molecule has 37 heavy (non-hydrogen) atoms. The minimum atomic E-state index is -0.945. The summed E-state index contributed by atoms with van der Waals surface area (Å²) in [5.74, 6) is -0.457. The Labute approximate surface area is 218 Å². The molecule has 0 saturated carbocycles. The zero-order valence-corrected chi connectivity index (χ0v) is 21.8. The Morgan fingerprint density at radius 1 is 1.03 bits per heavy atom. The first-order valence-corrected chi connectivity index (χ1v) is 12.8. The summed E-state index contributed by atoms with van der Waals surface area (Å²) in [4.78, 5) is 13.5. The van der Waals surface area contributed by atoms with Gasteiger partial charge < -0.3 is 10.0 Å². The highest BCUT2D eigenvalue weighted by molar-refractivity contribution is 5.85. The second kappa shape index (κ2) is 10.1. The van der Waals surface area contributed by atoms with E-state index in [1.807, 2.05) is 30.1 Å². The van der Waals surface area contributed by atoms with Gasteiger partial charge in [-0.15, -0.1) is 0 Å². The van der Waals surface area contributed by atoms with Crippen LogP contribution in [0.3, 0.4) is 0 Å². The van der Waals surface area contributed by atoms with Crippen LogP contribution in [0.1, 0.15) is 60.5 Å². The minimum Gasteiger partial charge on any atom is -0.478 e. The van der Waals surface area contributed by atoms with Crippen molar-refractivity contribution in [3.63, 3.8) is 0 Å². The van der Waals surface area contributed by atoms with Gasteiger partial charge in [0.2, 0.25) is 0 Å². The number of aryl methyl sites for hydroxylation is 1. The molecule has 2 atom stereocenters. The van der Waals surface area contributed by atoms with E-state index >= 15 is 0 Å². The second-order valence-corrected chi connectivity index (χ2v) is 10.3. The summed E-state index contributed by atoms with van der Waals surface area (Å²) >= 11 is 0. The molecule has 1 aliphatic rings. The van der Waals surface area contributed by atoms with Crippen LogP contribution in [0.15, 0.2) is 85.2 Å². The Kier molecular flexibility index (Phi) is 6.70. The molecule has 5 heteroatoms. The van der Waals surface area contributed by atoms with Crippen molar-refractivity contribution in [2.75, 3.05) is 4.90 Å². The molecule has 0 fully saturated rings. The van der Waals surface area contributed by atoms with Gasteiger partial charge in [-0.1, -0.05) is 68.4 Å². The van der Waals surface area contributed by atoms with Gasteiger partial charge in [0.05, 0.1) is 12.2 Å². The van der Waals surface area contributed by atoms with E-state index in [-0.39, 0.29) is 12.1 Å². The van der Waals surface area contributed by atoms with E-state index in [0.29, 0.717) is 5.92 Å². The molecular formula is C32H33N3O2. The Morgan fingerprint density at radius 2 is 1.76 bits per heavy atom. The van der Waals surface area contributed by atoms with Crippen LogP contribution in [0, 0.1) is 0 Å². The summed E-state index contributed by atoms with van der Waals surface area (Å²) in [5, 5.41) is 13.3. The van der Waals surface area contributed by atoms with Crippen molar-refractivity contribution in [1.82, 2.24) is 9.78 Å². The molecular weight excluding hydrogens is 458 g/mol. The van der Waals surface area contributed by atoms with Crippen molar-refractivity contribution >= 4 is 17.7 Å². The van der Waals surface area contributed by atoms with Gasteiger partial charge in [0, 0.05) is 36.6 Å². The Balaban J connectivity index is 1.59. The molecule has 1 N–H and O–H groups in total. The lowest BCUT2D eigenvalue weighted by Crippen LogP contribution is -2.42. The van der Waals surface area contributed by atoms with Gasteiger partial charge in [0.1, 0.15) is 0 Å². The molecule has 0 bridgehead atoms. The number of hydrogen-bond donors (Lipinski definition) is 1. The molecule has 3 aromatic carbocycles. The van der Waals surface area contributed by atoms with Gasteiger partial charge in [-0.2, -0.15) is 5.10 Å². The van der Waals surface area contributed by atoms with Crippen molar-refractivity contribution in [3.8, 4) is 11.1 Å².